The lowest BCUT2D eigenvalue weighted by Gasteiger charge is -2.23. The molecule has 3 N–H and O–H groups in total. The van der Waals surface area contributed by atoms with Gasteiger partial charge in [0.15, 0.2) is 0 Å². The zero-order valence-electron chi connectivity index (χ0n) is 10.1. The molecule has 0 aromatic rings. The van der Waals surface area contributed by atoms with Crippen LogP contribution in [0.1, 0.15) is 25.7 Å². The van der Waals surface area contributed by atoms with Crippen molar-refractivity contribution in [1.29, 1.82) is 0 Å². The van der Waals surface area contributed by atoms with E-state index in [9.17, 15) is 9.59 Å². The van der Waals surface area contributed by atoms with E-state index in [1.807, 2.05) is 0 Å². The van der Waals surface area contributed by atoms with Gasteiger partial charge < -0.3 is 20.5 Å². The molecule has 0 spiro atoms. The van der Waals surface area contributed by atoms with Crippen molar-refractivity contribution in [3.63, 3.8) is 0 Å². The first-order chi connectivity index (χ1) is 8.63. The van der Waals surface area contributed by atoms with Gasteiger partial charge in [-0.25, -0.2) is 9.59 Å². The van der Waals surface area contributed by atoms with E-state index in [0.29, 0.717) is 13.2 Å². The minimum Gasteiger partial charge on any atom is -0.480 e. The van der Waals surface area contributed by atoms with Gasteiger partial charge in [0.2, 0.25) is 0 Å². The molecule has 1 aliphatic rings. The van der Waals surface area contributed by atoms with E-state index in [1.165, 1.54) is 0 Å². The van der Waals surface area contributed by atoms with Crippen molar-refractivity contribution in [2.75, 3.05) is 13.2 Å². The lowest BCUT2D eigenvalue weighted by molar-refractivity contribution is -0.139. The minimum absolute atomic E-state index is 0.0143. The Bertz CT molecular complexity index is 331. The van der Waals surface area contributed by atoms with Crippen LogP contribution in [0, 0.1) is 12.3 Å². The largest absolute Gasteiger partial charge is 0.480 e. The Morgan fingerprint density at radius 1 is 1.50 bits per heavy atom. The highest BCUT2D eigenvalue weighted by molar-refractivity contribution is 5.82. The number of ether oxygens (including phenoxy) is 1. The highest BCUT2D eigenvalue weighted by Gasteiger charge is 2.20. The number of hydrogen-bond acceptors (Lipinski definition) is 3. The molecule has 0 aromatic carbocycles. The SMILES string of the molecule is C#CCC(NC(=O)NCC1CCCCO1)C(=O)O. The molecule has 1 saturated heterocycles. The summed E-state index contributed by atoms with van der Waals surface area (Å²) in [5, 5.41) is 13.7. The number of carbonyl (C=O) groups excluding carboxylic acids is 1. The molecule has 1 fully saturated rings. The van der Waals surface area contributed by atoms with Crippen LogP contribution in [-0.4, -0.2) is 42.4 Å². The van der Waals surface area contributed by atoms with Crippen LogP contribution < -0.4 is 10.6 Å². The fourth-order valence-corrected chi connectivity index (χ4v) is 1.70. The van der Waals surface area contributed by atoms with E-state index < -0.39 is 18.0 Å². The molecule has 0 aromatic heterocycles. The monoisotopic (exact) mass is 254 g/mol. The van der Waals surface area contributed by atoms with Crippen LogP contribution in [0.2, 0.25) is 0 Å². The number of aliphatic carboxylic acids is 1. The third kappa shape index (κ3) is 5.06. The fraction of sp³-hybridized carbons (Fsp3) is 0.667. The van der Waals surface area contributed by atoms with Crippen molar-refractivity contribution in [3.05, 3.63) is 0 Å². The van der Waals surface area contributed by atoms with E-state index in [-0.39, 0.29) is 12.5 Å². The van der Waals surface area contributed by atoms with Gasteiger partial charge in [0.05, 0.1) is 6.10 Å². The molecule has 2 atom stereocenters. The zero-order chi connectivity index (χ0) is 13.4. The molecule has 0 aliphatic carbocycles. The minimum atomic E-state index is -1.14. The molecule has 1 heterocycles. The lowest BCUT2D eigenvalue weighted by atomic mass is 10.1. The van der Waals surface area contributed by atoms with Crippen LogP contribution in [-0.2, 0) is 9.53 Å². The Morgan fingerprint density at radius 3 is 2.83 bits per heavy atom. The van der Waals surface area contributed by atoms with Gasteiger partial charge in [0.25, 0.3) is 0 Å². The van der Waals surface area contributed by atoms with Gasteiger partial charge in [0.1, 0.15) is 6.04 Å². The summed E-state index contributed by atoms with van der Waals surface area (Å²) in [4.78, 5) is 22.2. The Balaban J connectivity index is 2.27. The third-order valence-corrected chi connectivity index (χ3v) is 2.69. The van der Waals surface area contributed by atoms with Crippen LogP contribution >= 0.6 is 0 Å². The summed E-state index contributed by atoms with van der Waals surface area (Å²) in [6.45, 7) is 1.09. The highest BCUT2D eigenvalue weighted by Crippen LogP contribution is 2.11. The molecule has 18 heavy (non-hydrogen) atoms. The van der Waals surface area contributed by atoms with Crippen LogP contribution in [0.4, 0.5) is 4.79 Å². The van der Waals surface area contributed by atoms with Crippen LogP contribution in [0.25, 0.3) is 0 Å². The first kappa shape index (κ1) is 14.3. The number of urea groups is 1. The average Bonchev–Trinajstić information content (AvgIpc) is 2.37. The second-order valence-electron chi connectivity index (χ2n) is 4.14. The van der Waals surface area contributed by atoms with Crippen molar-refractivity contribution >= 4 is 12.0 Å². The number of carbonyl (C=O) groups is 2. The van der Waals surface area contributed by atoms with Crippen molar-refractivity contribution in [3.8, 4) is 12.3 Å². The van der Waals surface area contributed by atoms with E-state index in [1.54, 1.807) is 0 Å². The number of hydrogen-bond donors (Lipinski definition) is 3. The highest BCUT2D eigenvalue weighted by atomic mass is 16.5. The molecule has 2 amide bonds. The molecule has 0 radical (unpaired) electrons. The fourth-order valence-electron chi connectivity index (χ4n) is 1.70. The molecule has 6 heteroatoms. The molecule has 0 saturated carbocycles. The van der Waals surface area contributed by atoms with Gasteiger partial charge in [-0.05, 0) is 19.3 Å². The van der Waals surface area contributed by atoms with Gasteiger partial charge in [-0.15, -0.1) is 12.3 Å². The summed E-state index contributed by atoms with van der Waals surface area (Å²) in [7, 11) is 0. The van der Waals surface area contributed by atoms with Crippen molar-refractivity contribution < 1.29 is 19.4 Å². The third-order valence-electron chi connectivity index (χ3n) is 2.69. The summed E-state index contributed by atoms with van der Waals surface area (Å²) in [5.74, 6) is 1.07. The number of terminal acetylenes is 1. The lowest BCUT2D eigenvalue weighted by Crippen LogP contribution is -2.48. The Kier molecular flexibility index (Phi) is 6.01. The number of rotatable bonds is 5. The van der Waals surface area contributed by atoms with E-state index in [0.717, 1.165) is 19.3 Å². The van der Waals surface area contributed by atoms with Crippen LogP contribution in [0.15, 0.2) is 0 Å². The van der Waals surface area contributed by atoms with Gasteiger partial charge in [0, 0.05) is 19.6 Å². The van der Waals surface area contributed by atoms with Gasteiger partial charge in [-0.2, -0.15) is 0 Å². The quantitative estimate of drug-likeness (QED) is 0.617. The van der Waals surface area contributed by atoms with Crippen molar-refractivity contribution in [2.24, 2.45) is 0 Å². The molecular weight excluding hydrogens is 236 g/mol. The topological polar surface area (TPSA) is 87.7 Å². The Hall–Kier alpha value is -1.74. The summed E-state index contributed by atoms with van der Waals surface area (Å²) in [5.41, 5.74) is 0. The summed E-state index contributed by atoms with van der Waals surface area (Å²) < 4.78 is 5.44. The summed E-state index contributed by atoms with van der Waals surface area (Å²) in [6, 6.07) is -1.59. The molecular formula is C12H18N2O4. The van der Waals surface area contributed by atoms with Crippen molar-refractivity contribution in [1.82, 2.24) is 10.6 Å². The van der Waals surface area contributed by atoms with Crippen LogP contribution in [0.5, 0.6) is 0 Å². The maximum Gasteiger partial charge on any atom is 0.327 e. The Labute approximate surface area is 106 Å². The number of carboxylic acids is 1. The van der Waals surface area contributed by atoms with Gasteiger partial charge >= 0.3 is 12.0 Å². The molecule has 6 nitrogen and oxygen atoms in total. The van der Waals surface area contributed by atoms with E-state index in [2.05, 4.69) is 16.6 Å². The molecule has 0 bridgehead atoms. The predicted molar refractivity (Wildman–Crippen MR) is 65.0 cm³/mol. The maximum absolute atomic E-state index is 11.5. The Morgan fingerprint density at radius 2 is 2.28 bits per heavy atom. The number of amides is 2. The van der Waals surface area contributed by atoms with E-state index in [4.69, 9.17) is 16.3 Å². The molecule has 2 unspecified atom stereocenters. The van der Waals surface area contributed by atoms with Crippen molar-refractivity contribution in [2.45, 2.75) is 37.8 Å². The smallest absolute Gasteiger partial charge is 0.327 e. The summed E-state index contributed by atoms with van der Waals surface area (Å²) in [6.07, 6.45) is 8.05. The second-order valence-corrected chi connectivity index (χ2v) is 4.14. The average molecular weight is 254 g/mol. The first-order valence-corrected chi connectivity index (χ1v) is 5.95. The molecule has 1 aliphatic heterocycles. The predicted octanol–water partition coefficient (Wildman–Crippen LogP) is 0.331. The normalized spacial score (nSPS) is 20.5. The van der Waals surface area contributed by atoms with E-state index >= 15 is 0 Å². The molecule has 100 valence electrons. The summed E-state index contributed by atoms with van der Waals surface area (Å²) >= 11 is 0. The number of carboxylic acid groups (broad SMARTS) is 1. The second kappa shape index (κ2) is 7.56. The maximum atomic E-state index is 11.5. The van der Waals surface area contributed by atoms with Gasteiger partial charge in [-0.3, -0.25) is 0 Å². The van der Waals surface area contributed by atoms with Crippen LogP contribution in [0.3, 0.4) is 0 Å². The zero-order valence-corrected chi connectivity index (χ0v) is 10.1. The first-order valence-electron chi connectivity index (χ1n) is 5.95. The molecule has 1 rings (SSSR count). The van der Waals surface area contributed by atoms with Gasteiger partial charge in [-0.1, -0.05) is 0 Å². The standard InChI is InChI=1S/C12H18N2O4/c1-2-5-10(11(15)16)14-12(17)13-8-9-6-3-4-7-18-9/h1,9-10H,3-8H2,(H,15,16)(H2,13,14,17). The number of nitrogens with one attached hydrogen (secondary N) is 2.